The molecule has 0 aromatic rings. The van der Waals surface area contributed by atoms with Crippen molar-refractivity contribution >= 4 is 0 Å². The van der Waals surface area contributed by atoms with Crippen LogP contribution in [0.1, 0.15) is 13.8 Å². The topological polar surface area (TPSA) is 12.2 Å². The third-order valence-electron chi connectivity index (χ3n) is 2.11. The van der Waals surface area contributed by atoms with Crippen molar-refractivity contribution < 1.29 is 4.74 Å². The van der Waals surface area contributed by atoms with Gasteiger partial charge < -0.3 is 4.74 Å². The van der Waals surface area contributed by atoms with Crippen molar-refractivity contribution in [3.8, 4) is 0 Å². The predicted molar refractivity (Wildman–Crippen MR) is 42.1 cm³/mol. The maximum Gasteiger partial charge on any atom is 0.0589 e. The Kier molecular flexibility index (Phi) is 2.69. The number of methoxy groups -OCH3 is 1. The number of rotatable bonds is 4. The van der Waals surface area contributed by atoms with Crippen molar-refractivity contribution in [3.63, 3.8) is 0 Å². The Morgan fingerprint density at radius 2 is 2.30 bits per heavy atom. The molecule has 10 heavy (non-hydrogen) atoms. The van der Waals surface area contributed by atoms with Crippen LogP contribution in [0.2, 0.25) is 0 Å². The third kappa shape index (κ3) is 1.96. The molecule has 0 N–H and O–H groups in total. The lowest BCUT2D eigenvalue weighted by molar-refractivity contribution is 0.181. The summed E-state index contributed by atoms with van der Waals surface area (Å²) in [4.78, 5) is 2.45. The van der Waals surface area contributed by atoms with Gasteiger partial charge in [-0.1, -0.05) is 13.8 Å². The molecule has 1 heterocycles. The maximum atomic E-state index is 4.98. The van der Waals surface area contributed by atoms with Gasteiger partial charge in [0, 0.05) is 26.2 Å². The summed E-state index contributed by atoms with van der Waals surface area (Å²) in [7, 11) is 1.76. The van der Waals surface area contributed by atoms with E-state index in [1.807, 2.05) is 0 Å². The predicted octanol–water partition coefficient (Wildman–Crippen LogP) is 0.973. The molecular weight excluding hydrogens is 126 g/mol. The lowest BCUT2D eigenvalue weighted by Crippen LogP contribution is -2.12. The molecule has 2 nitrogen and oxygen atoms in total. The summed E-state index contributed by atoms with van der Waals surface area (Å²) >= 11 is 0. The molecule has 0 spiro atoms. The molecule has 1 aliphatic rings. The van der Waals surface area contributed by atoms with Gasteiger partial charge in [-0.25, -0.2) is 0 Å². The van der Waals surface area contributed by atoms with E-state index in [0.29, 0.717) is 0 Å². The molecule has 1 rings (SSSR count). The summed E-state index contributed by atoms with van der Waals surface area (Å²) in [5, 5.41) is 0. The van der Waals surface area contributed by atoms with E-state index in [1.54, 1.807) is 7.11 Å². The summed E-state index contributed by atoms with van der Waals surface area (Å²) in [6.45, 7) is 7.82. The van der Waals surface area contributed by atoms with Crippen molar-refractivity contribution in [2.24, 2.45) is 5.92 Å². The van der Waals surface area contributed by atoms with E-state index in [9.17, 15) is 0 Å². The molecule has 0 bridgehead atoms. The molecule has 0 aromatic heterocycles. The molecule has 1 aliphatic heterocycles. The number of hydrogen-bond donors (Lipinski definition) is 0. The molecular formula is C8H17NO. The highest BCUT2D eigenvalue weighted by Crippen LogP contribution is 2.23. The zero-order valence-electron chi connectivity index (χ0n) is 7.13. The zero-order chi connectivity index (χ0) is 7.56. The third-order valence-corrected chi connectivity index (χ3v) is 2.11. The Bertz CT molecular complexity index is 103. The van der Waals surface area contributed by atoms with Crippen molar-refractivity contribution in [1.82, 2.24) is 4.90 Å². The molecule has 0 aliphatic carbocycles. The van der Waals surface area contributed by atoms with Gasteiger partial charge >= 0.3 is 0 Å². The second-order valence-electron chi connectivity index (χ2n) is 3.30. The highest BCUT2D eigenvalue weighted by molar-refractivity contribution is 4.90. The first-order valence-corrected chi connectivity index (χ1v) is 3.98. The van der Waals surface area contributed by atoms with E-state index in [0.717, 1.165) is 25.1 Å². The highest BCUT2D eigenvalue weighted by atomic mass is 16.5. The standard InChI is InChI=1S/C8H17NO/c1-7(2)8-6-9(8)4-5-10-3/h7-8H,4-6H2,1-3H3. The van der Waals surface area contributed by atoms with E-state index < -0.39 is 0 Å². The highest BCUT2D eigenvalue weighted by Gasteiger charge is 2.35. The Morgan fingerprint density at radius 3 is 2.70 bits per heavy atom. The zero-order valence-corrected chi connectivity index (χ0v) is 7.13. The molecule has 2 atom stereocenters. The monoisotopic (exact) mass is 143 g/mol. The summed E-state index contributed by atoms with van der Waals surface area (Å²) in [5.41, 5.74) is 0. The van der Waals surface area contributed by atoms with Crippen molar-refractivity contribution in [2.75, 3.05) is 26.8 Å². The van der Waals surface area contributed by atoms with Gasteiger partial charge in [0.15, 0.2) is 0 Å². The van der Waals surface area contributed by atoms with Crippen molar-refractivity contribution in [3.05, 3.63) is 0 Å². The molecule has 0 saturated carbocycles. The van der Waals surface area contributed by atoms with Crippen LogP contribution in [0.15, 0.2) is 0 Å². The van der Waals surface area contributed by atoms with Crippen LogP contribution < -0.4 is 0 Å². The van der Waals surface area contributed by atoms with Crippen LogP contribution in [0.4, 0.5) is 0 Å². The maximum absolute atomic E-state index is 4.98. The lowest BCUT2D eigenvalue weighted by atomic mass is 10.1. The first-order valence-electron chi connectivity index (χ1n) is 3.98. The average molecular weight is 143 g/mol. The minimum Gasteiger partial charge on any atom is -0.383 e. The Hall–Kier alpha value is -0.0800. The van der Waals surface area contributed by atoms with E-state index >= 15 is 0 Å². The quantitative estimate of drug-likeness (QED) is 0.544. The van der Waals surface area contributed by atoms with Gasteiger partial charge in [-0.3, -0.25) is 4.90 Å². The fourth-order valence-electron chi connectivity index (χ4n) is 1.29. The molecule has 1 fully saturated rings. The minimum absolute atomic E-state index is 0.817. The Morgan fingerprint density at radius 1 is 1.60 bits per heavy atom. The van der Waals surface area contributed by atoms with E-state index in [1.165, 1.54) is 6.54 Å². The molecule has 2 unspecified atom stereocenters. The summed E-state index contributed by atoms with van der Waals surface area (Å²) in [6.07, 6.45) is 0. The number of nitrogens with zero attached hydrogens (tertiary/aromatic N) is 1. The van der Waals surface area contributed by atoms with Crippen LogP contribution >= 0.6 is 0 Å². The minimum atomic E-state index is 0.817. The summed E-state index contributed by atoms with van der Waals surface area (Å²) < 4.78 is 4.98. The van der Waals surface area contributed by atoms with Gasteiger partial charge in [0.2, 0.25) is 0 Å². The largest absolute Gasteiger partial charge is 0.383 e. The van der Waals surface area contributed by atoms with E-state index in [4.69, 9.17) is 4.74 Å². The molecule has 0 amide bonds. The fourth-order valence-corrected chi connectivity index (χ4v) is 1.29. The van der Waals surface area contributed by atoms with Gasteiger partial charge in [0.1, 0.15) is 0 Å². The fraction of sp³-hybridized carbons (Fsp3) is 1.00. The first kappa shape index (κ1) is 8.02. The average Bonchev–Trinajstić information content (AvgIpc) is 2.62. The molecule has 60 valence electrons. The van der Waals surface area contributed by atoms with Gasteiger partial charge in [0.25, 0.3) is 0 Å². The summed E-state index contributed by atoms with van der Waals surface area (Å²) in [6, 6.07) is 0.843. The Balaban J connectivity index is 2.02. The van der Waals surface area contributed by atoms with Gasteiger partial charge in [-0.05, 0) is 5.92 Å². The van der Waals surface area contributed by atoms with Crippen LogP contribution in [0.25, 0.3) is 0 Å². The van der Waals surface area contributed by atoms with Crippen LogP contribution in [0.3, 0.4) is 0 Å². The van der Waals surface area contributed by atoms with Gasteiger partial charge in [0.05, 0.1) is 6.61 Å². The smallest absolute Gasteiger partial charge is 0.0589 e. The second-order valence-corrected chi connectivity index (χ2v) is 3.30. The van der Waals surface area contributed by atoms with Crippen molar-refractivity contribution in [1.29, 1.82) is 0 Å². The van der Waals surface area contributed by atoms with Gasteiger partial charge in [-0.2, -0.15) is 0 Å². The molecule has 1 saturated heterocycles. The SMILES string of the molecule is COCCN1CC1C(C)C. The van der Waals surface area contributed by atoms with Crippen LogP contribution in [-0.2, 0) is 4.74 Å². The number of ether oxygens (including phenoxy) is 1. The molecule has 0 aromatic carbocycles. The van der Waals surface area contributed by atoms with Crippen LogP contribution in [0, 0.1) is 5.92 Å². The summed E-state index contributed by atoms with van der Waals surface area (Å²) in [5.74, 6) is 0.817. The second kappa shape index (κ2) is 3.35. The molecule has 0 radical (unpaired) electrons. The molecule has 2 heteroatoms. The lowest BCUT2D eigenvalue weighted by Gasteiger charge is -2.04. The van der Waals surface area contributed by atoms with Crippen LogP contribution in [0.5, 0.6) is 0 Å². The van der Waals surface area contributed by atoms with E-state index in [2.05, 4.69) is 18.7 Å². The first-order chi connectivity index (χ1) is 4.75. The normalized spacial score (nSPS) is 31.2. The van der Waals surface area contributed by atoms with Gasteiger partial charge in [-0.15, -0.1) is 0 Å². The van der Waals surface area contributed by atoms with E-state index in [-0.39, 0.29) is 0 Å². The van der Waals surface area contributed by atoms with Crippen molar-refractivity contribution in [2.45, 2.75) is 19.9 Å². The van der Waals surface area contributed by atoms with Crippen LogP contribution in [-0.4, -0.2) is 37.7 Å². The number of hydrogen-bond acceptors (Lipinski definition) is 2. The Labute approximate surface area is 63.2 Å².